The topological polar surface area (TPSA) is 44.8 Å². The fourth-order valence-electron chi connectivity index (χ4n) is 2.13. The predicted molar refractivity (Wildman–Crippen MR) is 77.8 cm³/mol. The second kappa shape index (κ2) is 5.42. The first-order chi connectivity index (χ1) is 9.64. The number of carbonyl (C=O) groups is 1. The van der Waals surface area contributed by atoms with Crippen molar-refractivity contribution in [1.29, 1.82) is 0 Å². The van der Waals surface area contributed by atoms with E-state index in [1.165, 1.54) is 19.2 Å². The zero-order valence-electron chi connectivity index (χ0n) is 13.0. The SMILES string of the molecule is COC(=O)Cc1cc(F)cc(B2OC(C)(C)C(C)(C)O2)c1. The van der Waals surface area contributed by atoms with Crippen molar-refractivity contribution in [3.63, 3.8) is 0 Å². The van der Waals surface area contributed by atoms with Crippen molar-refractivity contribution in [2.75, 3.05) is 7.11 Å². The molecule has 4 nitrogen and oxygen atoms in total. The molecular formula is C15H20BFO4. The van der Waals surface area contributed by atoms with Crippen LogP contribution in [0.4, 0.5) is 4.39 Å². The molecule has 0 bridgehead atoms. The van der Waals surface area contributed by atoms with Gasteiger partial charge in [0.25, 0.3) is 0 Å². The zero-order valence-corrected chi connectivity index (χ0v) is 13.0. The minimum Gasteiger partial charge on any atom is -0.469 e. The average molecular weight is 294 g/mol. The molecule has 2 rings (SSSR count). The van der Waals surface area contributed by atoms with Crippen molar-refractivity contribution < 1.29 is 23.2 Å². The van der Waals surface area contributed by atoms with E-state index < -0.39 is 30.1 Å². The van der Waals surface area contributed by atoms with Crippen LogP contribution in [0.25, 0.3) is 0 Å². The molecule has 1 aromatic rings. The van der Waals surface area contributed by atoms with E-state index >= 15 is 0 Å². The molecular weight excluding hydrogens is 274 g/mol. The number of rotatable bonds is 3. The summed E-state index contributed by atoms with van der Waals surface area (Å²) in [4.78, 5) is 11.3. The van der Waals surface area contributed by atoms with E-state index in [9.17, 15) is 9.18 Å². The second-order valence-corrected chi connectivity index (χ2v) is 6.23. The highest BCUT2D eigenvalue weighted by molar-refractivity contribution is 6.62. The first kappa shape index (κ1) is 16.0. The molecule has 0 unspecified atom stereocenters. The molecule has 0 N–H and O–H groups in total. The first-order valence-corrected chi connectivity index (χ1v) is 6.86. The van der Waals surface area contributed by atoms with Gasteiger partial charge in [-0.25, -0.2) is 4.39 Å². The molecule has 0 saturated carbocycles. The van der Waals surface area contributed by atoms with Gasteiger partial charge in [0.2, 0.25) is 0 Å². The van der Waals surface area contributed by atoms with E-state index in [4.69, 9.17) is 9.31 Å². The fourth-order valence-corrected chi connectivity index (χ4v) is 2.13. The van der Waals surface area contributed by atoms with Crippen LogP contribution in [0, 0.1) is 5.82 Å². The van der Waals surface area contributed by atoms with Crippen molar-refractivity contribution in [3.8, 4) is 0 Å². The quantitative estimate of drug-likeness (QED) is 0.630. The summed E-state index contributed by atoms with van der Waals surface area (Å²) in [6.07, 6.45) is 0.0146. The molecule has 0 spiro atoms. The highest BCUT2D eigenvalue weighted by Crippen LogP contribution is 2.36. The Balaban J connectivity index is 2.27. The van der Waals surface area contributed by atoms with Gasteiger partial charge in [0.15, 0.2) is 0 Å². The summed E-state index contributed by atoms with van der Waals surface area (Å²) in [5.74, 6) is -0.846. The summed E-state index contributed by atoms with van der Waals surface area (Å²) >= 11 is 0. The number of esters is 1. The summed E-state index contributed by atoms with van der Waals surface area (Å²) in [5.41, 5.74) is 0.109. The van der Waals surface area contributed by atoms with Crippen LogP contribution >= 0.6 is 0 Å². The van der Waals surface area contributed by atoms with Gasteiger partial charge in [-0.2, -0.15) is 0 Å². The van der Waals surface area contributed by atoms with Crippen LogP contribution in [-0.2, 0) is 25.3 Å². The predicted octanol–water partition coefficient (Wildman–Crippen LogP) is 1.84. The van der Waals surface area contributed by atoms with E-state index in [2.05, 4.69) is 4.74 Å². The largest absolute Gasteiger partial charge is 0.494 e. The van der Waals surface area contributed by atoms with Gasteiger partial charge in [0, 0.05) is 0 Å². The molecule has 114 valence electrons. The van der Waals surface area contributed by atoms with Crippen LogP contribution in [0.3, 0.4) is 0 Å². The van der Waals surface area contributed by atoms with E-state index in [1.807, 2.05) is 27.7 Å². The maximum Gasteiger partial charge on any atom is 0.494 e. The van der Waals surface area contributed by atoms with Crippen molar-refractivity contribution in [3.05, 3.63) is 29.6 Å². The van der Waals surface area contributed by atoms with Crippen molar-refractivity contribution in [2.24, 2.45) is 0 Å². The van der Waals surface area contributed by atoms with Crippen LogP contribution in [-0.4, -0.2) is 31.4 Å². The second-order valence-electron chi connectivity index (χ2n) is 6.23. The minimum absolute atomic E-state index is 0.0146. The Kier molecular flexibility index (Phi) is 4.13. The van der Waals surface area contributed by atoms with Gasteiger partial charge in [-0.05, 0) is 50.9 Å². The molecule has 1 aromatic carbocycles. The van der Waals surface area contributed by atoms with Gasteiger partial charge >= 0.3 is 13.1 Å². The summed E-state index contributed by atoms with van der Waals surface area (Å²) in [6, 6.07) is 4.39. The van der Waals surface area contributed by atoms with Crippen molar-refractivity contribution >= 4 is 18.6 Å². The molecule has 1 aliphatic rings. The molecule has 0 radical (unpaired) electrons. The molecule has 1 heterocycles. The van der Waals surface area contributed by atoms with E-state index in [-0.39, 0.29) is 6.42 Å². The van der Waals surface area contributed by atoms with Crippen LogP contribution < -0.4 is 5.46 Å². The molecule has 1 fully saturated rings. The number of carbonyl (C=O) groups excluding carboxylic acids is 1. The highest BCUT2D eigenvalue weighted by atomic mass is 19.1. The molecule has 0 aliphatic carbocycles. The van der Waals surface area contributed by atoms with E-state index in [0.29, 0.717) is 11.0 Å². The maximum absolute atomic E-state index is 13.8. The lowest BCUT2D eigenvalue weighted by molar-refractivity contribution is -0.139. The monoisotopic (exact) mass is 294 g/mol. The molecule has 21 heavy (non-hydrogen) atoms. The summed E-state index contributed by atoms with van der Waals surface area (Å²) in [6.45, 7) is 7.73. The van der Waals surface area contributed by atoms with E-state index in [0.717, 1.165) is 0 Å². The third-order valence-electron chi connectivity index (χ3n) is 4.08. The van der Waals surface area contributed by atoms with Gasteiger partial charge in [0.05, 0.1) is 24.7 Å². The number of ether oxygens (including phenoxy) is 1. The lowest BCUT2D eigenvalue weighted by atomic mass is 9.78. The number of hydrogen-bond acceptors (Lipinski definition) is 4. The minimum atomic E-state index is -0.651. The van der Waals surface area contributed by atoms with Crippen molar-refractivity contribution in [2.45, 2.75) is 45.3 Å². The zero-order chi connectivity index (χ0) is 15.8. The average Bonchev–Trinajstić information content (AvgIpc) is 2.57. The van der Waals surface area contributed by atoms with Crippen molar-refractivity contribution in [1.82, 2.24) is 0 Å². The number of methoxy groups -OCH3 is 1. The Hall–Kier alpha value is -1.40. The van der Waals surface area contributed by atoms with Gasteiger partial charge in [0.1, 0.15) is 5.82 Å². The van der Waals surface area contributed by atoms with Gasteiger partial charge in [-0.15, -0.1) is 0 Å². The van der Waals surface area contributed by atoms with Crippen LogP contribution in [0.2, 0.25) is 0 Å². The van der Waals surface area contributed by atoms with Gasteiger partial charge < -0.3 is 14.0 Å². The number of halogens is 1. The Morgan fingerprint density at radius 2 is 1.76 bits per heavy atom. The smallest absolute Gasteiger partial charge is 0.469 e. The molecule has 0 atom stereocenters. The standard InChI is InChI=1S/C15H20BFO4/c1-14(2)15(3,4)21-16(20-14)11-6-10(7-12(17)9-11)8-13(18)19-5/h6-7,9H,8H2,1-5H3. The van der Waals surface area contributed by atoms with Crippen LogP contribution in [0.1, 0.15) is 33.3 Å². The lowest BCUT2D eigenvalue weighted by Crippen LogP contribution is -2.41. The van der Waals surface area contributed by atoms with Crippen LogP contribution in [0.15, 0.2) is 18.2 Å². The Labute approximate surface area is 124 Å². The van der Waals surface area contributed by atoms with Crippen LogP contribution in [0.5, 0.6) is 0 Å². The Morgan fingerprint density at radius 1 is 1.19 bits per heavy atom. The highest BCUT2D eigenvalue weighted by Gasteiger charge is 2.51. The summed E-state index contributed by atoms with van der Waals surface area (Å²) in [5, 5.41) is 0. The fraction of sp³-hybridized carbons (Fsp3) is 0.533. The molecule has 1 saturated heterocycles. The third kappa shape index (κ3) is 3.27. The van der Waals surface area contributed by atoms with Gasteiger partial charge in [-0.1, -0.05) is 6.07 Å². The molecule has 0 amide bonds. The molecule has 0 aromatic heterocycles. The normalized spacial score (nSPS) is 19.6. The third-order valence-corrected chi connectivity index (χ3v) is 4.08. The van der Waals surface area contributed by atoms with Gasteiger partial charge in [-0.3, -0.25) is 4.79 Å². The molecule has 1 aliphatic heterocycles. The Morgan fingerprint density at radius 3 is 2.29 bits per heavy atom. The Bertz CT molecular complexity index is 541. The number of hydrogen-bond donors (Lipinski definition) is 0. The summed E-state index contributed by atoms with van der Waals surface area (Å²) in [7, 11) is 0.652. The molecule has 6 heteroatoms. The maximum atomic E-state index is 13.8. The first-order valence-electron chi connectivity index (χ1n) is 6.86. The van der Waals surface area contributed by atoms with E-state index in [1.54, 1.807) is 6.07 Å². The lowest BCUT2D eigenvalue weighted by Gasteiger charge is -2.32. The summed E-state index contributed by atoms with van der Waals surface area (Å²) < 4.78 is 30.1. The number of benzene rings is 1.